The van der Waals surface area contributed by atoms with Gasteiger partial charge in [0.2, 0.25) is 0 Å². The zero-order valence-electron chi connectivity index (χ0n) is 12.3. The van der Waals surface area contributed by atoms with E-state index in [1.165, 1.54) is 6.07 Å². The maximum atomic E-state index is 14.3. The van der Waals surface area contributed by atoms with Crippen molar-refractivity contribution >= 4 is 5.84 Å². The maximum Gasteiger partial charge on any atom is 0.293 e. The fourth-order valence-corrected chi connectivity index (χ4v) is 4.04. The molecule has 0 bridgehead atoms. The number of aliphatic imine (C=N–C) groups is 1. The summed E-state index contributed by atoms with van der Waals surface area (Å²) in [4.78, 5) is 4.17. The lowest BCUT2D eigenvalue weighted by atomic mass is 9.94. The van der Waals surface area contributed by atoms with Crippen molar-refractivity contribution in [2.45, 2.75) is 24.9 Å². The van der Waals surface area contributed by atoms with Gasteiger partial charge in [0, 0.05) is 5.92 Å². The Morgan fingerprint density at radius 2 is 2.09 bits per heavy atom. The highest BCUT2D eigenvalue weighted by Crippen LogP contribution is 2.82. The van der Waals surface area contributed by atoms with Crippen molar-refractivity contribution in [3.05, 3.63) is 35.6 Å². The second kappa shape index (κ2) is 4.08. The summed E-state index contributed by atoms with van der Waals surface area (Å²) in [7, 11) is 0. The fraction of sp³-hybridized carbons (Fsp3) is 0.438. The molecule has 2 aliphatic heterocycles. The molecule has 2 N–H and O–H groups in total. The average molecular weight is 312 g/mol. The molecule has 1 aliphatic carbocycles. The molecule has 1 saturated heterocycles. The molecule has 0 radical (unpaired) electrons. The second-order valence-electron chi connectivity index (χ2n) is 6.11. The molecular weight excluding hydrogens is 299 g/mol. The summed E-state index contributed by atoms with van der Waals surface area (Å²) in [5, 5.41) is 19.7. The lowest BCUT2D eigenvalue weighted by Crippen LogP contribution is -2.39. The van der Waals surface area contributed by atoms with Crippen molar-refractivity contribution in [1.29, 1.82) is 10.5 Å². The molecule has 4 rings (SSSR count). The van der Waals surface area contributed by atoms with E-state index in [0.717, 1.165) is 0 Å². The Labute approximate surface area is 131 Å². The first-order valence-electron chi connectivity index (χ1n) is 7.23. The van der Waals surface area contributed by atoms with Crippen LogP contribution in [0, 0.1) is 39.3 Å². The summed E-state index contributed by atoms with van der Waals surface area (Å²) in [6, 6.07) is 10.3. The van der Waals surface area contributed by atoms with Crippen LogP contribution in [0.25, 0.3) is 0 Å². The zero-order chi connectivity index (χ0) is 16.5. The summed E-state index contributed by atoms with van der Waals surface area (Å²) in [5.74, 6) is -2.96. The van der Waals surface area contributed by atoms with E-state index in [4.69, 9.17) is 15.2 Å². The average Bonchev–Trinajstić information content (AvgIpc) is 2.91. The quantitative estimate of drug-likeness (QED) is 0.844. The number of hydrogen-bond acceptors (Lipinski definition) is 6. The highest BCUT2D eigenvalue weighted by Gasteiger charge is 2.94. The largest absolute Gasteiger partial charge is 0.386 e. The van der Waals surface area contributed by atoms with Gasteiger partial charge in [0.1, 0.15) is 17.1 Å². The van der Waals surface area contributed by atoms with Crippen LogP contribution in [0.2, 0.25) is 0 Å². The van der Waals surface area contributed by atoms with Crippen LogP contribution < -0.4 is 5.73 Å². The standard InChI is InChI=1S/C16H13FN4O2/c1-9-6-22-16(23-9)15(8-19)12(10-4-2-3-5-11(10)17)14(15,7-18)13(20)21-16/h2-5,9,12H,6H2,1H3,(H2,20,21)/t9-,12-,14-,15-,16+/m1/s1. The Morgan fingerprint density at radius 1 is 1.35 bits per heavy atom. The molecule has 6 nitrogen and oxygen atoms in total. The maximum absolute atomic E-state index is 14.3. The van der Waals surface area contributed by atoms with Gasteiger partial charge in [-0.15, -0.1) is 0 Å². The van der Waals surface area contributed by atoms with Gasteiger partial charge in [-0.05, 0) is 18.6 Å². The topological polar surface area (TPSA) is 104 Å². The van der Waals surface area contributed by atoms with Crippen LogP contribution in [0.5, 0.6) is 0 Å². The Morgan fingerprint density at radius 3 is 2.65 bits per heavy atom. The summed E-state index contributed by atoms with van der Waals surface area (Å²) in [5.41, 5.74) is 3.33. The summed E-state index contributed by atoms with van der Waals surface area (Å²) in [6.07, 6.45) is -0.298. The molecule has 2 fully saturated rings. The van der Waals surface area contributed by atoms with Crippen molar-refractivity contribution in [3.8, 4) is 12.1 Å². The molecule has 1 aromatic carbocycles. The molecule has 0 amide bonds. The van der Waals surface area contributed by atoms with Crippen molar-refractivity contribution in [2.24, 2.45) is 21.6 Å². The third-order valence-corrected chi connectivity index (χ3v) is 5.02. The van der Waals surface area contributed by atoms with Gasteiger partial charge in [0.05, 0.1) is 24.8 Å². The van der Waals surface area contributed by atoms with Crippen LogP contribution >= 0.6 is 0 Å². The van der Waals surface area contributed by atoms with Gasteiger partial charge in [-0.25, -0.2) is 9.38 Å². The monoisotopic (exact) mass is 312 g/mol. The summed E-state index contributed by atoms with van der Waals surface area (Å²) in [6.45, 7) is 2.00. The fourth-order valence-electron chi connectivity index (χ4n) is 4.04. The summed E-state index contributed by atoms with van der Waals surface area (Å²) < 4.78 is 25.7. The summed E-state index contributed by atoms with van der Waals surface area (Å²) >= 11 is 0. The SMILES string of the molecule is C[C@@H]1CO[C@]2(N=C(N)[C@@]3(C#N)[C@@H](c4ccccc4F)[C@@]23C#N)O1. The third-order valence-electron chi connectivity index (χ3n) is 5.02. The number of benzene rings is 1. The number of halogens is 1. The molecule has 3 aliphatic rings. The Balaban J connectivity index is 1.95. The van der Waals surface area contributed by atoms with Gasteiger partial charge in [0.15, 0.2) is 5.41 Å². The number of rotatable bonds is 1. The van der Waals surface area contributed by atoms with Gasteiger partial charge in [-0.1, -0.05) is 18.2 Å². The molecule has 1 saturated carbocycles. The van der Waals surface area contributed by atoms with E-state index < -0.39 is 28.5 Å². The predicted octanol–water partition coefficient (Wildman–Crippen LogP) is 1.40. The van der Waals surface area contributed by atoms with Crippen molar-refractivity contribution < 1.29 is 13.9 Å². The first-order chi connectivity index (χ1) is 11.0. The van der Waals surface area contributed by atoms with Crippen molar-refractivity contribution in [1.82, 2.24) is 0 Å². The molecule has 1 aromatic rings. The number of nitrogens with two attached hydrogens (primary N) is 1. The molecule has 0 aromatic heterocycles. The van der Waals surface area contributed by atoms with Gasteiger partial charge >= 0.3 is 0 Å². The molecule has 2 heterocycles. The van der Waals surface area contributed by atoms with Crippen LogP contribution in [-0.2, 0) is 9.47 Å². The minimum absolute atomic E-state index is 0.0381. The normalized spacial score (nSPS) is 43.6. The van der Waals surface area contributed by atoms with Crippen LogP contribution in [0.15, 0.2) is 29.3 Å². The van der Waals surface area contributed by atoms with Gasteiger partial charge in [-0.2, -0.15) is 10.5 Å². The first kappa shape index (κ1) is 14.1. The van der Waals surface area contributed by atoms with E-state index in [1.54, 1.807) is 25.1 Å². The number of hydrogen-bond donors (Lipinski definition) is 1. The van der Waals surface area contributed by atoms with Crippen molar-refractivity contribution in [3.63, 3.8) is 0 Å². The van der Waals surface area contributed by atoms with E-state index in [9.17, 15) is 14.9 Å². The zero-order valence-corrected chi connectivity index (χ0v) is 12.3. The molecular formula is C16H13FN4O2. The smallest absolute Gasteiger partial charge is 0.293 e. The van der Waals surface area contributed by atoms with Crippen LogP contribution in [-0.4, -0.2) is 24.5 Å². The minimum Gasteiger partial charge on any atom is -0.386 e. The van der Waals surface area contributed by atoms with Gasteiger partial charge in [0.25, 0.3) is 5.91 Å². The van der Waals surface area contributed by atoms with Crippen LogP contribution in [0.3, 0.4) is 0 Å². The third kappa shape index (κ3) is 1.28. The number of nitrogens with zero attached hydrogens (tertiary/aromatic N) is 3. The Kier molecular flexibility index (Phi) is 2.51. The van der Waals surface area contributed by atoms with E-state index in [2.05, 4.69) is 17.1 Å². The Bertz CT molecular complexity index is 828. The van der Waals surface area contributed by atoms with E-state index >= 15 is 0 Å². The highest BCUT2D eigenvalue weighted by atomic mass is 19.1. The number of amidine groups is 1. The van der Waals surface area contributed by atoms with E-state index in [0.29, 0.717) is 0 Å². The van der Waals surface area contributed by atoms with Gasteiger partial charge < -0.3 is 15.2 Å². The molecule has 116 valence electrons. The Hall–Kier alpha value is -2.48. The highest BCUT2D eigenvalue weighted by molar-refractivity contribution is 6.00. The number of nitriles is 2. The van der Waals surface area contributed by atoms with E-state index in [1.807, 2.05) is 0 Å². The molecule has 1 spiro atoms. The minimum atomic E-state index is -1.64. The number of fused-ring (bicyclic) bond motifs is 2. The first-order valence-corrected chi connectivity index (χ1v) is 7.23. The molecule has 0 unspecified atom stereocenters. The molecule has 23 heavy (non-hydrogen) atoms. The lowest BCUT2D eigenvalue weighted by molar-refractivity contribution is -0.193. The molecule has 7 heteroatoms. The molecule has 5 atom stereocenters. The van der Waals surface area contributed by atoms with Crippen LogP contribution in [0.4, 0.5) is 4.39 Å². The van der Waals surface area contributed by atoms with Gasteiger partial charge in [-0.3, -0.25) is 0 Å². The number of ether oxygens (including phenoxy) is 2. The van der Waals surface area contributed by atoms with Crippen LogP contribution in [0.1, 0.15) is 18.4 Å². The lowest BCUT2D eigenvalue weighted by Gasteiger charge is -2.26. The van der Waals surface area contributed by atoms with Crippen molar-refractivity contribution in [2.75, 3.05) is 6.61 Å². The second-order valence-corrected chi connectivity index (χ2v) is 6.11. The predicted molar refractivity (Wildman–Crippen MR) is 76.1 cm³/mol. The van der Waals surface area contributed by atoms with E-state index in [-0.39, 0.29) is 24.1 Å².